The molecule has 22 heavy (non-hydrogen) atoms. The first-order valence-electron chi connectivity index (χ1n) is 6.95. The van der Waals surface area contributed by atoms with E-state index in [1.165, 1.54) is 11.3 Å². The molecule has 0 unspecified atom stereocenters. The van der Waals surface area contributed by atoms with E-state index >= 15 is 0 Å². The number of nitrogens with zero attached hydrogens (tertiary/aromatic N) is 2. The van der Waals surface area contributed by atoms with Crippen molar-refractivity contribution in [3.63, 3.8) is 0 Å². The number of nitrogens with one attached hydrogen (secondary N) is 1. The van der Waals surface area contributed by atoms with Crippen molar-refractivity contribution in [1.82, 2.24) is 9.55 Å². The van der Waals surface area contributed by atoms with Gasteiger partial charge in [0.15, 0.2) is 0 Å². The lowest BCUT2D eigenvalue weighted by Gasteiger charge is -2.01. The molecular weight excluding hydrogens is 294 g/mol. The van der Waals surface area contributed by atoms with E-state index in [9.17, 15) is 0 Å². The van der Waals surface area contributed by atoms with Gasteiger partial charge in [0.05, 0.1) is 21.8 Å². The lowest BCUT2D eigenvalue weighted by Crippen LogP contribution is -2.08. The molecule has 2 aromatic heterocycles. The summed E-state index contributed by atoms with van der Waals surface area (Å²) in [6, 6.07) is 12.0. The lowest BCUT2D eigenvalue weighted by molar-refractivity contribution is 0.708. The van der Waals surface area contributed by atoms with Crippen LogP contribution in [0.1, 0.15) is 4.88 Å². The van der Waals surface area contributed by atoms with Gasteiger partial charge in [0, 0.05) is 24.8 Å². The van der Waals surface area contributed by atoms with Crippen molar-refractivity contribution >= 4 is 17.2 Å². The topological polar surface area (TPSA) is 93.7 Å². The van der Waals surface area contributed by atoms with Crippen LogP contribution in [0.25, 0.3) is 21.7 Å². The van der Waals surface area contributed by atoms with Crippen molar-refractivity contribution in [2.24, 2.45) is 11.5 Å². The number of aromatic nitrogens is 2. The van der Waals surface area contributed by atoms with Gasteiger partial charge in [0.2, 0.25) is 0 Å². The van der Waals surface area contributed by atoms with Gasteiger partial charge < -0.3 is 16.0 Å². The normalized spacial score (nSPS) is 10.8. The fourth-order valence-corrected chi connectivity index (χ4v) is 3.30. The van der Waals surface area contributed by atoms with Crippen molar-refractivity contribution in [3.05, 3.63) is 53.8 Å². The molecule has 0 saturated heterocycles. The Morgan fingerprint density at radius 3 is 2.73 bits per heavy atom. The molecule has 0 fully saturated rings. The number of benzene rings is 1. The maximum Gasteiger partial charge on any atom is 0.133 e. The van der Waals surface area contributed by atoms with Gasteiger partial charge in [0.25, 0.3) is 0 Å². The Morgan fingerprint density at radius 1 is 1.27 bits per heavy atom. The minimum Gasteiger partial charge on any atom is -0.383 e. The molecule has 0 amide bonds. The zero-order valence-corrected chi connectivity index (χ0v) is 12.8. The van der Waals surface area contributed by atoms with Gasteiger partial charge in [-0.2, -0.15) is 0 Å². The fourth-order valence-electron chi connectivity index (χ4n) is 2.29. The molecule has 0 saturated carbocycles. The number of nitrogens with two attached hydrogens (primary N) is 2. The van der Waals surface area contributed by atoms with Crippen LogP contribution in [0.15, 0.2) is 48.9 Å². The Morgan fingerprint density at radius 2 is 2.05 bits per heavy atom. The number of amidine groups is 1. The minimum atomic E-state index is 0.0785. The molecule has 0 aliphatic rings. The molecule has 1 aromatic carbocycles. The van der Waals surface area contributed by atoms with E-state index < -0.39 is 0 Å². The first-order chi connectivity index (χ1) is 10.7. The fraction of sp³-hybridized carbons (Fsp3) is 0.125. The molecule has 0 bridgehead atoms. The van der Waals surface area contributed by atoms with Crippen LogP contribution in [0.2, 0.25) is 0 Å². The first-order valence-corrected chi connectivity index (χ1v) is 7.76. The maximum absolute atomic E-state index is 7.69. The summed E-state index contributed by atoms with van der Waals surface area (Å²) < 4.78 is 1.97. The maximum atomic E-state index is 7.69. The highest BCUT2D eigenvalue weighted by Crippen LogP contribution is 2.38. The van der Waals surface area contributed by atoms with Crippen LogP contribution in [-0.2, 0) is 6.54 Å². The molecule has 3 aromatic rings. The molecule has 0 aliphatic carbocycles. The predicted molar refractivity (Wildman–Crippen MR) is 91.0 cm³/mol. The van der Waals surface area contributed by atoms with Crippen LogP contribution < -0.4 is 11.5 Å². The second-order valence-corrected chi connectivity index (χ2v) is 5.97. The Bertz CT molecular complexity index is 788. The third-order valence-electron chi connectivity index (χ3n) is 3.34. The number of imidazole rings is 1. The summed E-state index contributed by atoms with van der Waals surface area (Å²) in [6.07, 6.45) is 3.76. The van der Waals surface area contributed by atoms with Crippen LogP contribution in [-0.4, -0.2) is 21.9 Å². The highest BCUT2D eigenvalue weighted by molar-refractivity contribution is 7.18. The molecule has 0 radical (unpaired) electrons. The molecule has 0 atom stereocenters. The third-order valence-corrected chi connectivity index (χ3v) is 4.53. The summed E-state index contributed by atoms with van der Waals surface area (Å²) in [6.45, 7) is 1.31. The Kier molecular flexibility index (Phi) is 4.04. The van der Waals surface area contributed by atoms with Crippen LogP contribution in [0.3, 0.4) is 0 Å². The molecule has 0 spiro atoms. The molecule has 0 aliphatic heterocycles. The van der Waals surface area contributed by atoms with Crippen molar-refractivity contribution in [2.75, 3.05) is 6.54 Å². The summed E-state index contributed by atoms with van der Waals surface area (Å²) in [5.74, 6) is 0.0785. The van der Waals surface area contributed by atoms with Crippen molar-refractivity contribution in [2.45, 2.75) is 6.54 Å². The molecular formula is C16H17N5S. The molecule has 112 valence electrons. The SMILES string of the molecule is N=C(N)c1cc(-c2ccccc2)c(-c2cn(CCN)cn2)s1. The van der Waals surface area contributed by atoms with E-state index in [2.05, 4.69) is 4.98 Å². The van der Waals surface area contributed by atoms with E-state index in [4.69, 9.17) is 16.9 Å². The number of rotatable bonds is 5. The van der Waals surface area contributed by atoms with E-state index in [1.54, 1.807) is 6.33 Å². The summed E-state index contributed by atoms with van der Waals surface area (Å²) in [4.78, 5) is 6.24. The zero-order chi connectivity index (χ0) is 15.5. The molecule has 6 heteroatoms. The van der Waals surface area contributed by atoms with Crippen LogP contribution in [0.5, 0.6) is 0 Å². The molecule has 2 heterocycles. The van der Waals surface area contributed by atoms with Gasteiger partial charge in [-0.15, -0.1) is 11.3 Å². The number of thiophene rings is 1. The quantitative estimate of drug-likeness (QED) is 0.499. The summed E-state index contributed by atoms with van der Waals surface area (Å²) in [5, 5.41) is 7.69. The average molecular weight is 311 g/mol. The zero-order valence-electron chi connectivity index (χ0n) is 12.0. The average Bonchev–Trinajstić information content (AvgIpc) is 3.15. The van der Waals surface area contributed by atoms with E-state index in [-0.39, 0.29) is 5.84 Å². The third kappa shape index (κ3) is 2.79. The van der Waals surface area contributed by atoms with Crippen molar-refractivity contribution < 1.29 is 0 Å². The van der Waals surface area contributed by atoms with Crippen LogP contribution in [0, 0.1) is 5.41 Å². The largest absolute Gasteiger partial charge is 0.383 e. The Labute approximate surface area is 132 Å². The van der Waals surface area contributed by atoms with E-state index in [0.29, 0.717) is 6.54 Å². The molecule has 5 nitrogen and oxygen atoms in total. The smallest absolute Gasteiger partial charge is 0.133 e. The summed E-state index contributed by atoms with van der Waals surface area (Å²) >= 11 is 1.49. The lowest BCUT2D eigenvalue weighted by atomic mass is 10.1. The molecule has 5 N–H and O–H groups in total. The molecule has 3 rings (SSSR count). The van der Waals surface area contributed by atoms with Gasteiger partial charge >= 0.3 is 0 Å². The van der Waals surface area contributed by atoms with E-state index in [0.717, 1.165) is 33.1 Å². The minimum absolute atomic E-state index is 0.0785. The first kappa shape index (κ1) is 14.5. The van der Waals surface area contributed by atoms with Gasteiger partial charge in [-0.1, -0.05) is 30.3 Å². The Balaban J connectivity index is 2.10. The number of hydrogen-bond donors (Lipinski definition) is 3. The van der Waals surface area contributed by atoms with Gasteiger partial charge in [0.1, 0.15) is 5.84 Å². The monoisotopic (exact) mass is 311 g/mol. The second-order valence-electron chi connectivity index (χ2n) is 4.92. The highest BCUT2D eigenvalue weighted by Gasteiger charge is 2.16. The van der Waals surface area contributed by atoms with Gasteiger partial charge in [-0.3, -0.25) is 5.41 Å². The summed E-state index contributed by atoms with van der Waals surface area (Å²) in [5.41, 5.74) is 14.3. The Hall–Kier alpha value is -2.44. The summed E-state index contributed by atoms with van der Waals surface area (Å²) in [7, 11) is 0. The van der Waals surface area contributed by atoms with Crippen LogP contribution >= 0.6 is 11.3 Å². The van der Waals surface area contributed by atoms with Gasteiger partial charge in [-0.25, -0.2) is 4.98 Å². The second kappa shape index (κ2) is 6.13. The number of nitrogen functional groups attached to an aromatic ring is 1. The number of hydrogen-bond acceptors (Lipinski definition) is 4. The predicted octanol–water partition coefficient (Wildman–Crippen LogP) is 2.52. The standard InChI is InChI=1S/C16H17N5S/c17-6-7-21-9-13(20-10-21)15-12(8-14(22-15)16(18)19)11-4-2-1-3-5-11/h1-5,8-10H,6-7,17H2,(H3,18,19). The van der Waals surface area contributed by atoms with Crippen molar-refractivity contribution in [3.8, 4) is 21.7 Å². The van der Waals surface area contributed by atoms with Gasteiger partial charge in [-0.05, 0) is 11.6 Å². The van der Waals surface area contributed by atoms with E-state index in [1.807, 2.05) is 47.2 Å². The highest BCUT2D eigenvalue weighted by atomic mass is 32.1. The van der Waals surface area contributed by atoms with Crippen LogP contribution in [0.4, 0.5) is 0 Å². The van der Waals surface area contributed by atoms with Crippen molar-refractivity contribution in [1.29, 1.82) is 5.41 Å².